The smallest absolute Gasteiger partial charge is 0.186 e. The maximum atomic E-state index is 13.2. The largest absolute Gasteiger partial charge is 0.369 e. The summed E-state index contributed by atoms with van der Waals surface area (Å²) in [4.78, 5) is 20.4. The highest BCUT2D eigenvalue weighted by atomic mass is 32.1. The summed E-state index contributed by atoms with van der Waals surface area (Å²) in [7, 11) is 0. The predicted octanol–water partition coefficient (Wildman–Crippen LogP) is 5.87. The number of aromatic nitrogens is 1. The summed E-state index contributed by atoms with van der Waals surface area (Å²) in [5.41, 5.74) is 7.15. The Bertz CT molecular complexity index is 1180. The number of ketones is 1. The topological polar surface area (TPSA) is 45.2 Å². The molecule has 2 atom stereocenters. The van der Waals surface area contributed by atoms with Crippen LogP contribution < -0.4 is 10.2 Å². The van der Waals surface area contributed by atoms with Crippen LogP contribution in [0.2, 0.25) is 0 Å². The quantitative estimate of drug-likeness (QED) is 0.473. The second kappa shape index (κ2) is 9.63. The Morgan fingerprint density at radius 2 is 1.97 bits per heavy atom. The van der Waals surface area contributed by atoms with Crippen molar-refractivity contribution in [2.24, 2.45) is 5.92 Å². The van der Waals surface area contributed by atoms with E-state index in [1.54, 1.807) is 16.9 Å². The second-order valence-electron chi connectivity index (χ2n) is 10.1. The highest BCUT2D eigenvalue weighted by Crippen LogP contribution is 2.52. The Morgan fingerprint density at radius 3 is 2.88 bits per heavy atom. The van der Waals surface area contributed by atoms with Crippen LogP contribution in [0.15, 0.2) is 47.8 Å². The van der Waals surface area contributed by atoms with Crippen LogP contribution in [0.1, 0.15) is 65.2 Å². The van der Waals surface area contributed by atoms with Gasteiger partial charge < -0.3 is 10.2 Å². The van der Waals surface area contributed by atoms with E-state index in [0.717, 1.165) is 48.6 Å². The van der Waals surface area contributed by atoms with Crippen molar-refractivity contribution in [2.75, 3.05) is 31.1 Å². The van der Waals surface area contributed by atoms with Crippen molar-refractivity contribution in [3.8, 4) is 10.6 Å². The molecule has 0 amide bonds. The zero-order chi connectivity index (χ0) is 22.9. The van der Waals surface area contributed by atoms with Crippen LogP contribution in [0.5, 0.6) is 0 Å². The first-order chi connectivity index (χ1) is 16.8. The molecule has 0 bridgehead atoms. The molecular formula is C29H33N3OS. The second-order valence-corrected chi connectivity index (χ2v) is 11.0. The number of benzene rings is 2. The summed E-state index contributed by atoms with van der Waals surface area (Å²) < 4.78 is 0. The van der Waals surface area contributed by atoms with E-state index in [-0.39, 0.29) is 5.78 Å². The van der Waals surface area contributed by atoms with Gasteiger partial charge in [-0.2, -0.15) is 0 Å². The minimum atomic E-state index is 0.107. The minimum absolute atomic E-state index is 0.107. The van der Waals surface area contributed by atoms with Crippen LogP contribution >= 0.6 is 11.3 Å². The number of para-hydroxylation sites is 1. The van der Waals surface area contributed by atoms with Crippen LogP contribution in [0.3, 0.4) is 0 Å². The van der Waals surface area contributed by atoms with Crippen LogP contribution in [0.25, 0.3) is 10.6 Å². The first kappa shape index (κ1) is 22.0. The summed E-state index contributed by atoms with van der Waals surface area (Å²) in [6, 6.07) is 15.3. The molecule has 3 aliphatic rings. The van der Waals surface area contributed by atoms with Gasteiger partial charge in [-0.05, 0) is 66.3 Å². The maximum absolute atomic E-state index is 13.2. The third kappa shape index (κ3) is 4.56. The lowest BCUT2D eigenvalue weighted by Gasteiger charge is -2.31. The lowest BCUT2D eigenvalue weighted by Crippen LogP contribution is -2.43. The van der Waals surface area contributed by atoms with Gasteiger partial charge in [0.15, 0.2) is 5.78 Å². The molecule has 1 N–H and O–H groups in total. The number of hydrogen-bond acceptors (Lipinski definition) is 5. The van der Waals surface area contributed by atoms with Crippen LogP contribution in [0, 0.1) is 5.92 Å². The van der Waals surface area contributed by atoms with Gasteiger partial charge in [0.05, 0.1) is 0 Å². The summed E-state index contributed by atoms with van der Waals surface area (Å²) in [6.07, 6.45) is 8.39. The van der Waals surface area contributed by atoms with Gasteiger partial charge in [-0.1, -0.05) is 43.2 Å². The number of nitrogens with one attached hydrogen (secondary N) is 1. The van der Waals surface area contributed by atoms with Crippen molar-refractivity contribution < 1.29 is 4.79 Å². The van der Waals surface area contributed by atoms with Crippen molar-refractivity contribution in [3.63, 3.8) is 0 Å². The first-order valence-corrected chi connectivity index (χ1v) is 13.8. The molecule has 2 fully saturated rings. The van der Waals surface area contributed by atoms with Gasteiger partial charge in [0.25, 0.3) is 0 Å². The van der Waals surface area contributed by atoms with E-state index < -0.39 is 0 Å². The van der Waals surface area contributed by atoms with E-state index in [4.69, 9.17) is 4.98 Å². The van der Waals surface area contributed by atoms with Crippen LogP contribution in [-0.4, -0.2) is 36.9 Å². The molecule has 4 nitrogen and oxygen atoms in total. The van der Waals surface area contributed by atoms with E-state index in [1.807, 2.05) is 11.4 Å². The van der Waals surface area contributed by atoms with Gasteiger partial charge in [-0.15, -0.1) is 11.3 Å². The van der Waals surface area contributed by atoms with Crippen molar-refractivity contribution in [3.05, 3.63) is 70.2 Å². The van der Waals surface area contributed by atoms with E-state index in [9.17, 15) is 4.79 Å². The molecule has 0 spiro atoms. The highest BCUT2D eigenvalue weighted by Gasteiger charge is 2.39. The fourth-order valence-corrected chi connectivity index (χ4v) is 6.64. The Morgan fingerprint density at radius 1 is 1.09 bits per heavy atom. The van der Waals surface area contributed by atoms with E-state index in [1.165, 1.54) is 55.3 Å². The molecule has 5 heteroatoms. The number of Topliss-reactive ketones (excluding diaryl/α,β-unsaturated/α-hetero) is 1. The SMILES string of the molecule is O=C(Cc1ccccc1N1CCNCC1)c1csc(-c2ccc3c(c2)C2CC2CCCCC3)n1. The number of carbonyl (C=O) groups is 1. The number of anilines is 1. The maximum Gasteiger partial charge on any atom is 0.186 e. The van der Waals surface area contributed by atoms with Gasteiger partial charge in [0.1, 0.15) is 10.7 Å². The van der Waals surface area contributed by atoms with E-state index in [0.29, 0.717) is 12.1 Å². The third-order valence-electron chi connectivity index (χ3n) is 7.83. The van der Waals surface area contributed by atoms with Gasteiger partial charge in [0, 0.05) is 49.2 Å². The normalized spacial score (nSPS) is 22.2. The zero-order valence-electron chi connectivity index (χ0n) is 19.8. The van der Waals surface area contributed by atoms with Crippen LogP contribution in [0.4, 0.5) is 5.69 Å². The third-order valence-corrected chi connectivity index (χ3v) is 8.72. The van der Waals surface area contributed by atoms with Crippen molar-refractivity contribution in [1.82, 2.24) is 10.3 Å². The monoisotopic (exact) mass is 471 g/mol. The Hall–Kier alpha value is -2.50. The van der Waals surface area contributed by atoms with E-state index >= 15 is 0 Å². The Balaban J connectivity index is 1.21. The molecule has 6 rings (SSSR count). The summed E-state index contributed by atoms with van der Waals surface area (Å²) in [6.45, 7) is 3.93. The predicted molar refractivity (Wildman–Crippen MR) is 140 cm³/mol. The number of hydrogen-bond donors (Lipinski definition) is 1. The van der Waals surface area contributed by atoms with E-state index in [2.05, 4.69) is 46.6 Å². The average molecular weight is 472 g/mol. The number of rotatable bonds is 5. The fraction of sp³-hybridized carbons (Fsp3) is 0.448. The molecule has 0 radical (unpaired) electrons. The Labute approximate surface area is 206 Å². The molecular weight excluding hydrogens is 438 g/mol. The first-order valence-electron chi connectivity index (χ1n) is 12.9. The standard InChI is InChI=1S/C29H33N3OS/c33-28(18-22-8-4-5-9-27(22)32-14-12-30-13-15-32)26-19-34-29(31-26)23-11-10-20-6-2-1-3-7-21-16-25(21)24(20)17-23/h4-5,8-11,17,19,21,25,30H,1-3,6-7,12-16,18H2. The molecule has 2 aromatic carbocycles. The fourth-order valence-electron chi connectivity index (χ4n) is 5.82. The number of thiazole rings is 1. The molecule has 1 saturated heterocycles. The van der Waals surface area contributed by atoms with Crippen molar-refractivity contribution >= 4 is 22.8 Å². The van der Waals surface area contributed by atoms with Gasteiger partial charge in [-0.25, -0.2) is 4.98 Å². The number of nitrogens with zero attached hydrogens (tertiary/aromatic N) is 2. The molecule has 3 aromatic rings. The lowest BCUT2D eigenvalue weighted by atomic mass is 9.96. The Kier molecular flexibility index (Phi) is 6.23. The average Bonchev–Trinajstić information content (AvgIpc) is 3.44. The molecule has 2 unspecified atom stereocenters. The van der Waals surface area contributed by atoms with Gasteiger partial charge in [0.2, 0.25) is 0 Å². The van der Waals surface area contributed by atoms with Crippen molar-refractivity contribution in [2.45, 2.75) is 50.9 Å². The van der Waals surface area contributed by atoms with Crippen LogP contribution in [-0.2, 0) is 12.8 Å². The lowest BCUT2D eigenvalue weighted by molar-refractivity contribution is 0.0989. The molecule has 1 saturated carbocycles. The van der Waals surface area contributed by atoms with Gasteiger partial charge in [-0.3, -0.25) is 4.79 Å². The molecule has 1 aliphatic heterocycles. The highest BCUT2D eigenvalue weighted by molar-refractivity contribution is 7.13. The molecule has 2 aliphatic carbocycles. The summed E-state index contributed by atoms with van der Waals surface area (Å²) >= 11 is 1.60. The minimum Gasteiger partial charge on any atom is -0.369 e. The number of fused-ring (bicyclic) bond motifs is 3. The van der Waals surface area contributed by atoms with Crippen molar-refractivity contribution in [1.29, 1.82) is 0 Å². The molecule has 34 heavy (non-hydrogen) atoms. The zero-order valence-corrected chi connectivity index (χ0v) is 20.6. The molecule has 1 aromatic heterocycles. The molecule has 2 heterocycles. The number of piperazine rings is 1. The number of aryl methyl sites for hydroxylation is 1. The summed E-state index contributed by atoms with van der Waals surface area (Å²) in [5, 5.41) is 6.33. The summed E-state index contributed by atoms with van der Waals surface area (Å²) in [5.74, 6) is 1.74. The molecule has 176 valence electrons. The number of carbonyl (C=O) groups excluding carboxylic acids is 1. The van der Waals surface area contributed by atoms with Gasteiger partial charge >= 0.3 is 0 Å².